The Morgan fingerprint density at radius 1 is 1.09 bits per heavy atom. The Labute approximate surface area is 143 Å². The van der Waals surface area contributed by atoms with Gasteiger partial charge < -0.3 is 14.6 Å². The van der Waals surface area contributed by atoms with Gasteiger partial charge in [-0.05, 0) is 35.4 Å². The second kappa shape index (κ2) is 8.03. The van der Waals surface area contributed by atoms with Gasteiger partial charge in [0, 0.05) is 3.92 Å². The van der Waals surface area contributed by atoms with E-state index in [0.29, 0.717) is 6.61 Å². The molecule has 0 heterocycles. The lowest BCUT2D eigenvalue weighted by Crippen LogP contribution is -2.00. The van der Waals surface area contributed by atoms with E-state index < -0.39 is 5.97 Å². The normalized spacial score (nSPS) is 11.7. The average molecular weight is 412 g/mol. The lowest BCUT2D eigenvalue weighted by molar-refractivity contribution is -0.136. The molecule has 0 aliphatic carbocycles. The molecule has 116 valence electrons. The first-order chi connectivity index (χ1) is 10.6. The molecule has 0 fully saturated rings. The van der Waals surface area contributed by atoms with Crippen molar-refractivity contribution in [3.8, 4) is 11.5 Å². The fraction of sp³-hybridized carbons (Fsp3) is 0.235. The van der Waals surface area contributed by atoms with Crippen LogP contribution in [0.4, 0.5) is 0 Å². The highest BCUT2D eigenvalue weighted by molar-refractivity contribution is 14.1. The average Bonchev–Trinajstić information content (AvgIpc) is 2.53. The summed E-state index contributed by atoms with van der Waals surface area (Å²) >= 11 is 2.14. The molecule has 0 saturated heterocycles. The van der Waals surface area contributed by atoms with Crippen LogP contribution in [-0.2, 0) is 11.4 Å². The molecule has 2 aromatic carbocycles. The van der Waals surface area contributed by atoms with Crippen LogP contribution in [0.2, 0.25) is 0 Å². The highest BCUT2D eigenvalue weighted by Gasteiger charge is 2.11. The van der Waals surface area contributed by atoms with Crippen molar-refractivity contribution < 1.29 is 19.4 Å². The summed E-state index contributed by atoms with van der Waals surface area (Å²) in [5, 5.41) is 8.81. The molecule has 22 heavy (non-hydrogen) atoms. The second-order valence-electron chi connectivity index (χ2n) is 4.77. The Kier molecular flexibility index (Phi) is 6.06. The van der Waals surface area contributed by atoms with E-state index in [1.807, 2.05) is 48.5 Å². The highest BCUT2D eigenvalue weighted by Crippen LogP contribution is 2.28. The molecule has 0 spiro atoms. The van der Waals surface area contributed by atoms with Gasteiger partial charge in [-0.25, -0.2) is 0 Å². The Balaban J connectivity index is 1.91. The molecule has 0 saturated carbocycles. The van der Waals surface area contributed by atoms with Gasteiger partial charge in [0.25, 0.3) is 0 Å². The minimum absolute atomic E-state index is 0.0364. The van der Waals surface area contributed by atoms with Crippen molar-refractivity contribution in [2.45, 2.75) is 17.0 Å². The Morgan fingerprint density at radius 2 is 1.68 bits per heavy atom. The molecule has 2 rings (SSSR count). The van der Waals surface area contributed by atoms with Gasteiger partial charge in [-0.15, -0.1) is 0 Å². The molecule has 4 nitrogen and oxygen atoms in total. The minimum atomic E-state index is -0.792. The van der Waals surface area contributed by atoms with Gasteiger partial charge in [-0.1, -0.05) is 46.9 Å². The fourth-order valence-electron chi connectivity index (χ4n) is 1.93. The molecule has 0 aliphatic rings. The van der Waals surface area contributed by atoms with E-state index in [-0.39, 0.29) is 10.3 Å². The number of hydrogen-bond donors (Lipinski definition) is 1. The summed E-state index contributed by atoms with van der Waals surface area (Å²) in [6, 6.07) is 15.3. The van der Waals surface area contributed by atoms with Crippen LogP contribution in [0.15, 0.2) is 48.5 Å². The second-order valence-corrected chi connectivity index (χ2v) is 6.27. The van der Waals surface area contributed by atoms with Crippen molar-refractivity contribution in [2.75, 3.05) is 7.11 Å². The maximum Gasteiger partial charge on any atom is 0.304 e. The van der Waals surface area contributed by atoms with Gasteiger partial charge in [-0.3, -0.25) is 4.79 Å². The van der Waals surface area contributed by atoms with Crippen LogP contribution in [0, 0.1) is 0 Å². The van der Waals surface area contributed by atoms with E-state index in [1.54, 1.807) is 7.11 Å². The molecular weight excluding hydrogens is 395 g/mol. The summed E-state index contributed by atoms with van der Waals surface area (Å²) in [4.78, 5) is 10.7. The number of aliphatic carboxylic acids is 1. The Bertz CT molecular complexity index is 608. The summed E-state index contributed by atoms with van der Waals surface area (Å²) in [7, 11) is 1.64. The third kappa shape index (κ3) is 4.91. The molecular formula is C17H17IO4. The van der Waals surface area contributed by atoms with Crippen LogP contribution >= 0.6 is 22.6 Å². The molecule has 0 radical (unpaired) electrons. The van der Waals surface area contributed by atoms with Gasteiger partial charge in [-0.2, -0.15) is 0 Å². The molecule has 0 aliphatic heterocycles. The van der Waals surface area contributed by atoms with Gasteiger partial charge in [0.2, 0.25) is 0 Å². The number of carbonyl (C=O) groups is 1. The van der Waals surface area contributed by atoms with E-state index in [9.17, 15) is 4.79 Å². The van der Waals surface area contributed by atoms with E-state index >= 15 is 0 Å². The number of carboxylic acids is 1. The molecule has 5 heteroatoms. The van der Waals surface area contributed by atoms with E-state index in [4.69, 9.17) is 14.6 Å². The van der Waals surface area contributed by atoms with Gasteiger partial charge in [0.05, 0.1) is 13.5 Å². The number of carboxylic acid groups (broad SMARTS) is 1. The van der Waals surface area contributed by atoms with E-state index in [0.717, 1.165) is 22.6 Å². The largest absolute Gasteiger partial charge is 0.497 e. The maximum atomic E-state index is 10.7. The van der Waals surface area contributed by atoms with E-state index in [1.165, 1.54) is 0 Å². The Morgan fingerprint density at radius 3 is 2.23 bits per heavy atom. The van der Waals surface area contributed by atoms with Crippen molar-refractivity contribution in [3.63, 3.8) is 0 Å². The van der Waals surface area contributed by atoms with Crippen LogP contribution in [0.5, 0.6) is 11.5 Å². The third-order valence-electron chi connectivity index (χ3n) is 3.16. The van der Waals surface area contributed by atoms with Crippen LogP contribution in [0.1, 0.15) is 21.5 Å². The first-order valence-electron chi connectivity index (χ1n) is 6.80. The van der Waals surface area contributed by atoms with Crippen molar-refractivity contribution in [1.82, 2.24) is 0 Å². The lowest BCUT2D eigenvalue weighted by Gasteiger charge is -2.10. The zero-order valence-corrected chi connectivity index (χ0v) is 14.3. The maximum absolute atomic E-state index is 10.7. The van der Waals surface area contributed by atoms with Crippen molar-refractivity contribution in [1.29, 1.82) is 0 Å². The third-order valence-corrected chi connectivity index (χ3v) is 4.32. The van der Waals surface area contributed by atoms with Crippen LogP contribution in [-0.4, -0.2) is 18.2 Å². The summed E-state index contributed by atoms with van der Waals surface area (Å²) in [5.74, 6) is 0.789. The first-order valence-corrected chi connectivity index (χ1v) is 8.04. The smallest absolute Gasteiger partial charge is 0.304 e. The zero-order chi connectivity index (χ0) is 15.9. The molecule has 0 amide bonds. The van der Waals surface area contributed by atoms with Crippen molar-refractivity contribution >= 4 is 28.6 Å². The molecule has 1 atom stereocenters. The van der Waals surface area contributed by atoms with E-state index in [2.05, 4.69) is 22.6 Å². The number of benzene rings is 2. The summed E-state index contributed by atoms with van der Waals surface area (Å²) < 4.78 is 10.8. The fourth-order valence-corrected chi connectivity index (χ4v) is 2.72. The highest BCUT2D eigenvalue weighted by atomic mass is 127. The van der Waals surface area contributed by atoms with Crippen molar-refractivity contribution in [2.24, 2.45) is 0 Å². The summed E-state index contributed by atoms with van der Waals surface area (Å²) in [6.07, 6.45) is 0.118. The molecule has 0 bridgehead atoms. The topological polar surface area (TPSA) is 55.8 Å². The van der Waals surface area contributed by atoms with Gasteiger partial charge >= 0.3 is 5.97 Å². The number of rotatable bonds is 7. The zero-order valence-electron chi connectivity index (χ0n) is 12.2. The molecule has 0 unspecified atom stereocenters. The minimum Gasteiger partial charge on any atom is -0.497 e. The molecule has 2 aromatic rings. The predicted molar refractivity (Wildman–Crippen MR) is 92.8 cm³/mol. The monoisotopic (exact) mass is 412 g/mol. The van der Waals surface area contributed by atoms with Gasteiger partial charge in [0.1, 0.15) is 18.1 Å². The number of alkyl halides is 1. The molecule has 0 aromatic heterocycles. The predicted octanol–water partition coefficient (Wildman–Crippen LogP) is 4.23. The first kappa shape index (κ1) is 16.6. The number of hydrogen-bond acceptors (Lipinski definition) is 3. The quantitative estimate of drug-likeness (QED) is 0.547. The molecule has 1 N–H and O–H groups in total. The lowest BCUT2D eigenvalue weighted by atomic mass is 10.1. The van der Waals surface area contributed by atoms with Crippen LogP contribution in [0.25, 0.3) is 0 Å². The number of ether oxygens (including phenoxy) is 2. The van der Waals surface area contributed by atoms with Crippen molar-refractivity contribution in [3.05, 3.63) is 59.7 Å². The summed E-state index contributed by atoms with van der Waals surface area (Å²) in [5.41, 5.74) is 2.04. The summed E-state index contributed by atoms with van der Waals surface area (Å²) in [6.45, 7) is 0.478. The number of methoxy groups -OCH3 is 1. The van der Waals surface area contributed by atoms with Gasteiger partial charge in [0.15, 0.2) is 0 Å². The standard InChI is InChI=1S/C17H17IO4/c1-21-14-6-2-12(3-7-14)11-22-15-8-4-13(5-9-15)16(18)10-17(19)20/h2-9,16H,10-11H2,1H3,(H,19,20)/t16-/m1/s1. The van der Waals surface area contributed by atoms with Crippen LogP contribution < -0.4 is 9.47 Å². The number of halogens is 1. The van der Waals surface area contributed by atoms with Crippen LogP contribution in [0.3, 0.4) is 0 Å². The Hall–Kier alpha value is -1.76. The SMILES string of the molecule is COc1ccc(COc2ccc([C@H](I)CC(=O)O)cc2)cc1.